The van der Waals surface area contributed by atoms with Crippen LogP contribution in [0.1, 0.15) is 26.2 Å². The van der Waals surface area contributed by atoms with E-state index in [1.54, 1.807) is 11.8 Å². The van der Waals surface area contributed by atoms with Crippen LogP contribution < -0.4 is 10.6 Å². The van der Waals surface area contributed by atoms with E-state index in [-0.39, 0.29) is 11.2 Å². The summed E-state index contributed by atoms with van der Waals surface area (Å²) in [5, 5.41) is 6.47. The number of amides is 1. The van der Waals surface area contributed by atoms with Crippen molar-refractivity contribution in [2.45, 2.75) is 42.4 Å². The van der Waals surface area contributed by atoms with Crippen molar-refractivity contribution in [2.24, 2.45) is 0 Å². The zero-order valence-electron chi connectivity index (χ0n) is 11.4. The van der Waals surface area contributed by atoms with Crippen LogP contribution in [0.3, 0.4) is 0 Å². The summed E-state index contributed by atoms with van der Waals surface area (Å²) in [5.41, 5.74) is 0. The fourth-order valence-corrected chi connectivity index (χ4v) is 3.25. The van der Waals surface area contributed by atoms with Crippen LogP contribution in [-0.2, 0) is 4.79 Å². The molecule has 1 saturated heterocycles. The third-order valence-electron chi connectivity index (χ3n) is 3.37. The number of hydrogen-bond donors (Lipinski definition) is 2. The van der Waals surface area contributed by atoms with Crippen molar-refractivity contribution < 1.29 is 4.79 Å². The molecule has 0 aromatic heterocycles. The summed E-state index contributed by atoms with van der Waals surface area (Å²) in [4.78, 5) is 13.3. The smallest absolute Gasteiger partial charge is 0.233 e. The van der Waals surface area contributed by atoms with Crippen molar-refractivity contribution in [1.82, 2.24) is 10.6 Å². The molecule has 1 heterocycles. The fourth-order valence-electron chi connectivity index (χ4n) is 2.25. The standard InChI is InChI=1S/C15H22N2OS/c1-2-14(19-13-8-4-3-5-9-13)15(18)17-11-12-7-6-10-16-12/h3-5,8-9,12,14,16H,2,6-7,10-11H2,1H3,(H,17,18). The summed E-state index contributed by atoms with van der Waals surface area (Å²) < 4.78 is 0. The second-order valence-electron chi connectivity index (χ2n) is 4.87. The minimum Gasteiger partial charge on any atom is -0.354 e. The molecule has 2 atom stereocenters. The van der Waals surface area contributed by atoms with E-state index < -0.39 is 0 Å². The van der Waals surface area contributed by atoms with E-state index in [1.165, 1.54) is 12.8 Å². The van der Waals surface area contributed by atoms with Gasteiger partial charge in [0.1, 0.15) is 0 Å². The molecule has 1 aliphatic rings. The highest BCUT2D eigenvalue weighted by Crippen LogP contribution is 2.25. The summed E-state index contributed by atoms with van der Waals surface area (Å²) in [6.07, 6.45) is 3.24. The van der Waals surface area contributed by atoms with E-state index in [0.29, 0.717) is 6.04 Å². The Morgan fingerprint density at radius 3 is 2.89 bits per heavy atom. The Kier molecular flexibility index (Phi) is 5.73. The quantitative estimate of drug-likeness (QED) is 0.785. The van der Waals surface area contributed by atoms with Crippen LogP contribution in [0.2, 0.25) is 0 Å². The summed E-state index contributed by atoms with van der Waals surface area (Å²) in [6.45, 7) is 3.90. The maximum atomic E-state index is 12.2. The second kappa shape index (κ2) is 7.56. The van der Waals surface area contributed by atoms with Crippen LogP contribution in [0.5, 0.6) is 0 Å². The summed E-state index contributed by atoms with van der Waals surface area (Å²) in [6, 6.07) is 10.6. The number of rotatable bonds is 6. The molecule has 2 rings (SSSR count). The lowest BCUT2D eigenvalue weighted by molar-refractivity contribution is -0.120. The van der Waals surface area contributed by atoms with Gasteiger partial charge >= 0.3 is 0 Å². The van der Waals surface area contributed by atoms with Crippen molar-refractivity contribution in [3.05, 3.63) is 30.3 Å². The molecule has 2 unspecified atom stereocenters. The minimum absolute atomic E-state index is 0.00352. The van der Waals surface area contributed by atoms with E-state index in [1.807, 2.05) is 18.2 Å². The van der Waals surface area contributed by atoms with Gasteiger partial charge in [0.2, 0.25) is 5.91 Å². The van der Waals surface area contributed by atoms with Gasteiger partial charge in [0.05, 0.1) is 5.25 Å². The molecule has 4 heteroatoms. The van der Waals surface area contributed by atoms with Crippen LogP contribution in [-0.4, -0.2) is 30.3 Å². The Balaban J connectivity index is 1.81. The van der Waals surface area contributed by atoms with Gasteiger partial charge in [-0.2, -0.15) is 0 Å². The maximum absolute atomic E-state index is 12.2. The van der Waals surface area contributed by atoms with Gasteiger partial charge in [-0.05, 0) is 37.9 Å². The molecule has 0 aliphatic carbocycles. The molecule has 1 amide bonds. The van der Waals surface area contributed by atoms with Crippen LogP contribution >= 0.6 is 11.8 Å². The normalized spacial score (nSPS) is 20.2. The molecule has 19 heavy (non-hydrogen) atoms. The predicted octanol–water partition coefficient (Wildman–Crippen LogP) is 2.43. The van der Waals surface area contributed by atoms with Crippen LogP contribution in [0, 0.1) is 0 Å². The number of thioether (sulfide) groups is 1. The molecule has 1 aromatic rings. The third kappa shape index (κ3) is 4.55. The summed E-state index contributed by atoms with van der Waals surface area (Å²) >= 11 is 1.65. The first kappa shape index (κ1) is 14.4. The molecule has 3 nitrogen and oxygen atoms in total. The van der Waals surface area contributed by atoms with Gasteiger partial charge in [0.25, 0.3) is 0 Å². The van der Waals surface area contributed by atoms with Crippen LogP contribution in [0.15, 0.2) is 35.2 Å². The Labute approximate surface area is 119 Å². The Hall–Kier alpha value is -1.00. The SMILES string of the molecule is CCC(Sc1ccccc1)C(=O)NCC1CCCN1. The molecule has 1 aromatic carbocycles. The van der Waals surface area contributed by atoms with Gasteiger partial charge < -0.3 is 10.6 Å². The molecule has 0 radical (unpaired) electrons. The zero-order chi connectivity index (χ0) is 13.5. The molecule has 0 saturated carbocycles. The van der Waals surface area contributed by atoms with Crippen molar-refractivity contribution in [3.63, 3.8) is 0 Å². The molecular weight excluding hydrogens is 256 g/mol. The molecule has 0 spiro atoms. The van der Waals surface area contributed by atoms with Gasteiger partial charge in [-0.15, -0.1) is 11.8 Å². The topological polar surface area (TPSA) is 41.1 Å². The van der Waals surface area contributed by atoms with E-state index >= 15 is 0 Å². The third-order valence-corrected chi connectivity index (χ3v) is 4.75. The largest absolute Gasteiger partial charge is 0.354 e. The average Bonchev–Trinajstić information content (AvgIpc) is 2.96. The van der Waals surface area contributed by atoms with E-state index in [4.69, 9.17) is 0 Å². The van der Waals surface area contributed by atoms with Crippen molar-refractivity contribution in [1.29, 1.82) is 0 Å². The molecule has 1 fully saturated rings. The fraction of sp³-hybridized carbons (Fsp3) is 0.533. The van der Waals surface area contributed by atoms with Gasteiger partial charge in [-0.1, -0.05) is 25.1 Å². The Morgan fingerprint density at radius 2 is 2.26 bits per heavy atom. The molecule has 0 bridgehead atoms. The first-order chi connectivity index (χ1) is 9.29. The van der Waals surface area contributed by atoms with Crippen LogP contribution in [0.25, 0.3) is 0 Å². The lowest BCUT2D eigenvalue weighted by Crippen LogP contribution is -2.40. The molecule has 1 aliphatic heterocycles. The van der Waals surface area contributed by atoms with Crippen molar-refractivity contribution in [2.75, 3.05) is 13.1 Å². The molecule has 104 valence electrons. The van der Waals surface area contributed by atoms with Crippen molar-refractivity contribution >= 4 is 17.7 Å². The number of carbonyl (C=O) groups is 1. The number of carbonyl (C=O) groups excluding carboxylic acids is 1. The lowest BCUT2D eigenvalue weighted by atomic mass is 10.2. The van der Waals surface area contributed by atoms with Crippen LogP contribution in [0.4, 0.5) is 0 Å². The highest BCUT2D eigenvalue weighted by atomic mass is 32.2. The Morgan fingerprint density at radius 1 is 1.47 bits per heavy atom. The molecule has 2 N–H and O–H groups in total. The number of nitrogens with one attached hydrogen (secondary N) is 2. The maximum Gasteiger partial charge on any atom is 0.233 e. The lowest BCUT2D eigenvalue weighted by Gasteiger charge is -2.17. The van der Waals surface area contributed by atoms with Gasteiger partial charge in [-0.25, -0.2) is 0 Å². The number of benzene rings is 1. The summed E-state index contributed by atoms with van der Waals surface area (Å²) in [7, 11) is 0. The van der Waals surface area contributed by atoms with E-state index in [2.05, 4.69) is 29.7 Å². The first-order valence-electron chi connectivity index (χ1n) is 7.02. The summed E-state index contributed by atoms with van der Waals surface area (Å²) in [5.74, 6) is 0.157. The Bertz CT molecular complexity index is 390. The van der Waals surface area contributed by atoms with E-state index in [0.717, 1.165) is 24.4 Å². The van der Waals surface area contributed by atoms with Gasteiger partial charge in [0, 0.05) is 17.5 Å². The number of hydrogen-bond acceptors (Lipinski definition) is 3. The van der Waals surface area contributed by atoms with E-state index in [9.17, 15) is 4.79 Å². The second-order valence-corrected chi connectivity index (χ2v) is 6.14. The highest BCUT2D eigenvalue weighted by molar-refractivity contribution is 8.00. The highest BCUT2D eigenvalue weighted by Gasteiger charge is 2.20. The average molecular weight is 278 g/mol. The van der Waals surface area contributed by atoms with Crippen molar-refractivity contribution in [3.8, 4) is 0 Å². The minimum atomic E-state index is 0.00352. The zero-order valence-corrected chi connectivity index (χ0v) is 12.2. The predicted molar refractivity (Wildman–Crippen MR) is 80.4 cm³/mol. The monoisotopic (exact) mass is 278 g/mol. The first-order valence-corrected chi connectivity index (χ1v) is 7.90. The van der Waals surface area contributed by atoms with Gasteiger partial charge in [-0.3, -0.25) is 4.79 Å². The molecular formula is C15H22N2OS. The van der Waals surface area contributed by atoms with Gasteiger partial charge in [0.15, 0.2) is 0 Å².